The molecule has 0 aliphatic carbocycles. The van der Waals surface area contributed by atoms with E-state index in [0.717, 1.165) is 28.1 Å². The molecule has 3 amide bonds. The molecule has 1 atom stereocenters. The fraction of sp³-hybridized carbons (Fsp3) is 0.400. The van der Waals surface area contributed by atoms with Gasteiger partial charge in [-0.15, -0.1) is 0 Å². The maximum absolute atomic E-state index is 12.9. The Hall–Kier alpha value is -3.20. The van der Waals surface area contributed by atoms with Crippen molar-refractivity contribution < 1.29 is 19.2 Å². The van der Waals surface area contributed by atoms with Gasteiger partial charge < -0.3 is 14.5 Å². The molecule has 0 bridgehead atoms. The molecule has 9 nitrogen and oxygen atoms in total. The van der Waals surface area contributed by atoms with Crippen molar-refractivity contribution in [3.8, 4) is 0 Å². The molecule has 0 spiro atoms. The van der Waals surface area contributed by atoms with Crippen LogP contribution in [-0.2, 0) is 24.5 Å². The Morgan fingerprint density at radius 1 is 1.21 bits per heavy atom. The molecule has 0 saturated carbocycles. The van der Waals surface area contributed by atoms with Crippen molar-refractivity contribution in [3.05, 3.63) is 52.4 Å². The number of aromatic nitrogens is 1. The number of carbonyl (C=O) groups excluding carboxylic acids is 2. The summed E-state index contributed by atoms with van der Waals surface area (Å²) < 4.78 is 5.18. The van der Waals surface area contributed by atoms with Gasteiger partial charge in [-0.3, -0.25) is 14.7 Å². The Morgan fingerprint density at radius 2 is 2.00 bits per heavy atom. The fourth-order valence-electron chi connectivity index (χ4n) is 3.71. The predicted octanol–water partition coefficient (Wildman–Crippen LogP) is 1.42. The molecule has 1 fully saturated rings. The average Bonchev–Trinajstić information content (AvgIpc) is 3.37. The molecule has 152 valence electrons. The predicted molar refractivity (Wildman–Crippen MR) is 104 cm³/mol. The second kappa shape index (κ2) is 7.67. The molecule has 1 aromatic heterocycles. The Labute approximate surface area is 168 Å². The highest BCUT2D eigenvalue weighted by atomic mass is 16.5. The first-order valence-electron chi connectivity index (χ1n) is 9.46. The summed E-state index contributed by atoms with van der Waals surface area (Å²) in [6, 6.07) is 6.64. The molecular weight excluding hydrogens is 374 g/mol. The van der Waals surface area contributed by atoms with E-state index in [4.69, 9.17) is 4.52 Å². The van der Waals surface area contributed by atoms with Crippen molar-refractivity contribution in [1.82, 2.24) is 20.0 Å². The van der Waals surface area contributed by atoms with Gasteiger partial charge in [-0.05, 0) is 25.0 Å². The lowest BCUT2D eigenvalue weighted by Crippen LogP contribution is -2.44. The van der Waals surface area contributed by atoms with Gasteiger partial charge >= 0.3 is 6.03 Å². The molecule has 1 aromatic carbocycles. The molecule has 2 aliphatic heterocycles. The van der Waals surface area contributed by atoms with Gasteiger partial charge in [0.15, 0.2) is 0 Å². The van der Waals surface area contributed by atoms with Crippen molar-refractivity contribution in [2.24, 2.45) is 5.10 Å². The lowest BCUT2D eigenvalue weighted by molar-refractivity contribution is -0.126. The first kappa shape index (κ1) is 19.1. The third-order valence-corrected chi connectivity index (χ3v) is 5.27. The van der Waals surface area contributed by atoms with Gasteiger partial charge in [-0.1, -0.05) is 29.4 Å². The van der Waals surface area contributed by atoms with Gasteiger partial charge in [0, 0.05) is 18.3 Å². The van der Waals surface area contributed by atoms with Crippen molar-refractivity contribution in [2.45, 2.75) is 39.6 Å². The number of hydrazone groups is 1. The van der Waals surface area contributed by atoms with E-state index in [2.05, 4.69) is 10.3 Å². The topological polar surface area (TPSA) is 102 Å². The summed E-state index contributed by atoms with van der Waals surface area (Å²) in [4.78, 5) is 28.2. The number of aliphatic hydroxyl groups is 1. The van der Waals surface area contributed by atoms with Crippen LogP contribution >= 0.6 is 0 Å². The minimum Gasteiger partial charge on any atom is -0.392 e. The van der Waals surface area contributed by atoms with Crippen LogP contribution in [0.2, 0.25) is 0 Å². The number of aliphatic hydroxyl groups excluding tert-OH is 1. The van der Waals surface area contributed by atoms with Crippen LogP contribution in [0, 0.1) is 13.8 Å². The van der Waals surface area contributed by atoms with Gasteiger partial charge in [-0.25, -0.2) is 4.79 Å². The quantitative estimate of drug-likeness (QED) is 0.740. The number of urea groups is 1. The summed E-state index contributed by atoms with van der Waals surface area (Å²) in [6.07, 6.45) is 1.64. The second-order valence-corrected chi connectivity index (χ2v) is 7.36. The van der Waals surface area contributed by atoms with Crippen LogP contribution in [0.15, 0.2) is 33.9 Å². The van der Waals surface area contributed by atoms with Crippen molar-refractivity contribution in [2.75, 3.05) is 13.1 Å². The van der Waals surface area contributed by atoms with Crippen LogP contribution in [0.4, 0.5) is 4.79 Å². The van der Waals surface area contributed by atoms with Gasteiger partial charge in [0.05, 0.1) is 31.4 Å². The van der Waals surface area contributed by atoms with E-state index in [0.29, 0.717) is 19.6 Å². The summed E-state index contributed by atoms with van der Waals surface area (Å²) in [5, 5.41) is 19.4. The second-order valence-electron chi connectivity index (χ2n) is 7.36. The highest BCUT2D eigenvalue weighted by Gasteiger charge is 2.41. The van der Waals surface area contributed by atoms with Crippen LogP contribution in [0.5, 0.6) is 0 Å². The van der Waals surface area contributed by atoms with Crippen LogP contribution in [0.1, 0.15) is 28.1 Å². The summed E-state index contributed by atoms with van der Waals surface area (Å²) in [5.74, 6) is 0.509. The van der Waals surface area contributed by atoms with Crippen LogP contribution in [0.25, 0.3) is 0 Å². The third-order valence-electron chi connectivity index (χ3n) is 5.27. The summed E-state index contributed by atoms with van der Waals surface area (Å²) >= 11 is 0. The van der Waals surface area contributed by atoms with E-state index in [-0.39, 0.29) is 25.1 Å². The van der Waals surface area contributed by atoms with E-state index in [1.165, 1.54) is 9.80 Å². The number of amides is 3. The monoisotopic (exact) mass is 397 g/mol. The Balaban J connectivity index is 1.41. The third kappa shape index (κ3) is 3.73. The van der Waals surface area contributed by atoms with E-state index in [9.17, 15) is 14.7 Å². The molecule has 2 aromatic rings. The normalized spacial score (nSPS) is 19.1. The molecule has 1 saturated heterocycles. The average molecular weight is 397 g/mol. The van der Waals surface area contributed by atoms with Crippen LogP contribution in [-0.4, -0.2) is 62.4 Å². The number of hydrogen-bond acceptors (Lipinski definition) is 7. The zero-order valence-electron chi connectivity index (χ0n) is 16.4. The molecule has 1 N–H and O–H groups in total. The van der Waals surface area contributed by atoms with Gasteiger partial charge in [-0.2, -0.15) is 5.10 Å². The number of imide groups is 1. The van der Waals surface area contributed by atoms with Crippen LogP contribution < -0.4 is 0 Å². The van der Waals surface area contributed by atoms with Gasteiger partial charge in [0.2, 0.25) is 0 Å². The fourth-order valence-corrected chi connectivity index (χ4v) is 3.71. The zero-order chi connectivity index (χ0) is 20.5. The van der Waals surface area contributed by atoms with Gasteiger partial charge in [0.25, 0.3) is 5.91 Å². The largest absolute Gasteiger partial charge is 0.392 e. The number of nitrogens with zero attached hydrogens (tertiary/aromatic N) is 5. The standard InChI is InChI=1S/C20H23N5O4/c1-13-18(14(2)29-22-13)10-24-9-17(7-21-24)25-19(27)11-23(20(25)28)8-15-4-3-5-16(6-15)12-26/h3-7,17,26H,8-12H2,1-2H3. The summed E-state index contributed by atoms with van der Waals surface area (Å²) in [5.41, 5.74) is 3.42. The maximum Gasteiger partial charge on any atom is 0.328 e. The van der Waals surface area contributed by atoms with Gasteiger partial charge in [0.1, 0.15) is 12.3 Å². The van der Waals surface area contributed by atoms with E-state index >= 15 is 0 Å². The first-order valence-corrected chi connectivity index (χ1v) is 9.46. The molecule has 2 aliphatic rings. The minimum atomic E-state index is -0.399. The lowest BCUT2D eigenvalue weighted by Gasteiger charge is -2.22. The molecule has 3 heterocycles. The van der Waals surface area contributed by atoms with E-state index in [1.54, 1.807) is 6.21 Å². The minimum absolute atomic E-state index is 0.0381. The Morgan fingerprint density at radius 3 is 2.72 bits per heavy atom. The number of benzene rings is 1. The molecule has 29 heavy (non-hydrogen) atoms. The Kier molecular flexibility index (Phi) is 5.06. The van der Waals surface area contributed by atoms with Crippen molar-refractivity contribution >= 4 is 18.2 Å². The zero-order valence-corrected chi connectivity index (χ0v) is 16.4. The van der Waals surface area contributed by atoms with Crippen molar-refractivity contribution in [1.29, 1.82) is 0 Å². The van der Waals surface area contributed by atoms with Crippen LogP contribution in [0.3, 0.4) is 0 Å². The first-order chi connectivity index (χ1) is 14.0. The number of aryl methyl sites for hydroxylation is 2. The molecular formula is C20H23N5O4. The van der Waals surface area contributed by atoms with Crippen molar-refractivity contribution in [3.63, 3.8) is 0 Å². The maximum atomic E-state index is 12.9. The summed E-state index contributed by atoms with van der Waals surface area (Å²) in [7, 11) is 0. The Bertz CT molecular complexity index is 950. The summed E-state index contributed by atoms with van der Waals surface area (Å²) in [6.45, 7) is 4.98. The number of hydrogen-bond donors (Lipinski definition) is 1. The SMILES string of the molecule is Cc1noc(C)c1CN1CC(N2C(=O)CN(Cc3cccc(CO)c3)C2=O)C=N1. The number of rotatable bonds is 6. The lowest BCUT2D eigenvalue weighted by atomic mass is 10.1. The molecule has 1 unspecified atom stereocenters. The smallest absolute Gasteiger partial charge is 0.328 e. The van der Waals surface area contributed by atoms with E-state index < -0.39 is 6.04 Å². The highest BCUT2D eigenvalue weighted by molar-refractivity contribution is 6.04. The molecule has 4 rings (SSSR count). The molecule has 0 radical (unpaired) electrons. The van der Waals surface area contributed by atoms with E-state index in [1.807, 2.05) is 43.1 Å². The highest BCUT2D eigenvalue weighted by Crippen LogP contribution is 2.22. The number of carbonyl (C=O) groups is 2. The molecule has 9 heteroatoms.